The molecule has 1 amide bonds. The van der Waals surface area contributed by atoms with Crippen molar-refractivity contribution in [3.05, 3.63) is 63.0 Å². The second kappa shape index (κ2) is 9.26. The van der Waals surface area contributed by atoms with Crippen molar-refractivity contribution < 1.29 is 13.2 Å². The number of hydrogen-bond acceptors (Lipinski definition) is 5. The molecule has 0 radical (unpaired) electrons. The minimum atomic E-state index is -3.76. The number of thiazole rings is 1. The van der Waals surface area contributed by atoms with Gasteiger partial charge in [0.2, 0.25) is 10.0 Å². The molecule has 0 aliphatic heterocycles. The molecule has 0 fully saturated rings. The summed E-state index contributed by atoms with van der Waals surface area (Å²) >= 11 is 13.5. The van der Waals surface area contributed by atoms with Crippen LogP contribution in [0.5, 0.6) is 0 Å². The number of nitrogens with one attached hydrogen (secondary N) is 1. The Morgan fingerprint density at radius 2 is 1.77 bits per heavy atom. The molecule has 164 valence electrons. The molecule has 1 N–H and O–H groups in total. The molecule has 1 heterocycles. The minimum absolute atomic E-state index is 0.00424. The zero-order valence-electron chi connectivity index (χ0n) is 17.3. The van der Waals surface area contributed by atoms with Crippen LogP contribution in [0.2, 0.25) is 10.0 Å². The molecule has 0 unspecified atom stereocenters. The molecule has 6 nitrogen and oxygen atoms in total. The van der Waals surface area contributed by atoms with Crippen LogP contribution in [0.3, 0.4) is 0 Å². The lowest BCUT2D eigenvalue weighted by Crippen LogP contribution is -2.33. The van der Waals surface area contributed by atoms with E-state index in [4.69, 9.17) is 23.2 Å². The first-order valence-corrected chi connectivity index (χ1v) is 12.3. The van der Waals surface area contributed by atoms with Crippen LogP contribution in [0.25, 0.3) is 11.3 Å². The third-order valence-corrected chi connectivity index (χ3v) is 8.22. The Hall–Kier alpha value is -1.97. The van der Waals surface area contributed by atoms with Crippen LogP contribution in [0.1, 0.15) is 29.1 Å². The molecule has 3 rings (SSSR count). The van der Waals surface area contributed by atoms with Crippen LogP contribution in [0.15, 0.2) is 47.4 Å². The van der Waals surface area contributed by atoms with Crippen molar-refractivity contribution in [3.8, 4) is 11.3 Å². The van der Waals surface area contributed by atoms with Crippen LogP contribution < -0.4 is 5.32 Å². The van der Waals surface area contributed by atoms with E-state index < -0.39 is 15.9 Å². The number of benzene rings is 2. The Morgan fingerprint density at radius 3 is 2.39 bits per heavy atom. The monoisotopic (exact) mass is 497 g/mol. The van der Waals surface area contributed by atoms with Crippen LogP contribution in [0, 0.1) is 6.92 Å². The Morgan fingerprint density at radius 1 is 1.13 bits per heavy atom. The summed E-state index contributed by atoms with van der Waals surface area (Å²) in [5.74, 6) is -0.536. The molecule has 0 aliphatic rings. The summed E-state index contributed by atoms with van der Waals surface area (Å²) < 4.78 is 26.8. The van der Waals surface area contributed by atoms with Gasteiger partial charge in [-0.3, -0.25) is 10.1 Å². The van der Waals surface area contributed by atoms with E-state index in [1.54, 1.807) is 26.0 Å². The number of hydrogen-bond donors (Lipinski definition) is 1. The molecular weight excluding hydrogens is 477 g/mol. The van der Waals surface area contributed by atoms with Crippen molar-refractivity contribution >= 4 is 55.6 Å². The molecule has 31 heavy (non-hydrogen) atoms. The van der Waals surface area contributed by atoms with E-state index >= 15 is 0 Å². The maximum absolute atomic E-state index is 12.9. The number of carbonyl (C=O) groups excluding carboxylic acids is 1. The second-order valence-electron chi connectivity index (χ2n) is 7.14. The van der Waals surface area contributed by atoms with E-state index in [-0.39, 0.29) is 21.5 Å². The number of carbonyl (C=O) groups is 1. The van der Waals surface area contributed by atoms with Crippen LogP contribution in [-0.2, 0) is 10.0 Å². The van der Waals surface area contributed by atoms with E-state index in [1.807, 2.05) is 19.1 Å². The van der Waals surface area contributed by atoms with Crippen LogP contribution in [0.4, 0.5) is 5.13 Å². The maximum atomic E-state index is 12.9. The van der Waals surface area contributed by atoms with Gasteiger partial charge < -0.3 is 0 Å². The number of sulfonamides is 1. The summed E-state index contributed by atoms with van der Waals surface area (Å²) in [6.07, 6.45) is 0. The van der Waals surface area contributed by atoms with Gasteiger partial charge in [0, 0.05) is 28.6 Å². The number of aromatic nitrogens is 1. The fraction of sp³-hybridized carbons (Fsp3) is 0.238. The fourth-order valence-corrected chi connectivity index (χ4v) is 5.33. The van der Waals surface area contributed by atoms with Gasteiger partial charge in [0.1, 0.15) is 0 Å². The number of aryl methyl sites for hydroxylation is 1. The quantitative estimate of drug-likeness (QED) is 0.473. The molecule has 0 saturated heterocycles. The Balaban J connectivity index is 1.89. The SMILES string of the molecule is Cc1sc(NC(=O)c2cc(S(=O)(=O)N(C)C(C)C)ccc2Cl)nc1-c1ccc(Cl)cc1. The average molecular weight is 498 g/mol. The average Bonchev–Trinajstić information content (AvgIpc) is 3.07. The Bertz CT molecular complexity index is 1220. The van der Waals surface area contributed by atoms with Gasteiger partial charge in [-0.25, -0.2) is 13.4 Å². The van der Waals surface area contributed by atoms with Gasteiger partial charge in [0.25, 0.3) is 5.91 Å². The first-order valence-electron chi connectivity index (χ1n) is 9.33. The van der Waals surface area contributed by atoms with Gasteiger partial charge in [-0.2, -0.15) is 4.31 Å². The molecular formula is C21H21Cl2N3O3S2. The fourth-order valence-electron chi connectivity index (χ4n) is 2.77. The number of rotatable bonds is 6. The van der Waals surface area contributed by atoms with Crippen molar-refractivity contribution in [2.24, 2.45) is 0 Å². The third-order valence-electron chi connectivity index (χ3n) is 4.72. The van der Waals surface area contributed by atoms with E-state index in [0.717, 1.165) is 16.1 Å². The van der Waals surface area contributed by atoms with Gasteiger partial charge in [0.05, 0.1) is 21.2 Å². The van der Waals surface area contributed by atoms with Crippen molar-refractivity contribution in [2.75, 3.05) is 12.4 Å². The van der Waals surface area contributed by atoms with E-state index in [1.165, 1.54) is 40.9 Å². The molecule has 10 heteroatoms. The maximum Gasteiger partial charge on any atom is 0.259 e. The summed E-state index contributed by atoms with van der Waals surface area (Å²) in [7, 11) is -2.26. The second-order valence-corrected chi connectivity index (χ2v) is 11.2. The van der Waals surface area contributed by atoms with Crippen molar-refractivity contribution in [2.45, 2.75) is 31.7 Å². The highest BCUT2D eigenvalue weighted by Gasteiger charge is 2.25. The predicted molar refractivity (Wildman–Crippen MR) is 127 cm³/mol. The van der Waals surface area contributed by atoms with E-state index in [9.17, 15) is 13.2 Å². The first-order chi connectivity index (χ1) is 14.5. The molecule has 2 aromatic carbocycles. The van der Waals surface area contributed by atoms with Gasteiger partial charge in [0.15, 0.2) is 5.13 Å². The lowest BCUT2D eigenvalue weighted by molar-refractivity contribution is 0.102. The standard InChI is InChI=1S/C21H21Cl2N3O3S2/c1-12(2)26(4)31(28,29)16-9-10-18(23)17(11-16)20(27)25-21-24-19(13(3)30-21)14-5-7-15(22)8-6-14/h5-12H,1-4H3,(H,24,25,27). The summed E-state index contributed by atoms with van der Waals surface area (Å²) in [6, 6.07) is 11.1. The highest BCUT2D eigenvalue weighted by atomic mass is 35.5. The summed E-state index contributed by atoms with van der Waals surface area (Å²) in [4.78, 5) is 18.3. The number of amides is 1. The minimum Gasteiger partial charge on any atom is -0.298 e. The highest BCUT2D eigenvalue weighted by Crippen LogP contribution is 2.32. The van der Waals surface area contributed by atoms with E-state index in [2.05, 4.69) is 10.3 Å². The van der Waals surface area contributed by atoms with Crippen molar-refractivity contribution in [1.82, 2.24) is 9.29 Å². The normalized spacial score (nSPS) is 11.9. The summed E-state index contributed by atoms with van der Waals surface area (Å²) in [6.45, 7) is 5.44. The number of halogens is 2. The summed E-state index contributed by atoms with van der Waals surface area (Å²) in [5.41, 5.74) is 1.67. The molecule has 0 bridgehead atoms. The Labute approximate surface area is 195 Å². The molecule has 3 aromatic rings. The highest BCUT2D eigenvalue weighted by molar-refractivity contribution is 7.89. The van der Waals surface area contributed by atoms with Crippen LogP contribution in [-0.4, -0.2) is 36.7 Å². The van der Waals surface area contributed by atoms with Gasteiger partial charge in [-0.15, -0.1) is 11.3 Å². The molecule has 0 atom stereocenters. The lowest BCUT2D eigenvalue weighted by Gasteiger charge is -2.21. The van der Waals surface area contributed by atoms with Gasteiger partial charge >= 0.3 is 0 Å². The third kappa shape index (κ3) is 5.10. The zero-order valence-corrected chi connectivity index (χ0v) is 20.5. The molecule has 0 saturated carbocycles. The topological polar surface area (TPSA) is 79.4 Å². The first kappa shape index (κ1) is 23.7. The van der Waals surface area contributed by atoms with Crippen LogP contribution >= 0.6 is 34.5 Å². The smallest absolute Gasteiger partial charge is 0.259 e. The lowest BCUT2D eigenvalue weighted by atomic mass is 10.1. The Kier molecular flexibility index (Phi) is 7.08. The largest absolute Gasteiger partial charge is 0.298 e. The van der Waals surface area contributed by atoms with Crippen molar-refractivity contribution in [3.63, 3.8) is 0 Å². The zero-order chi connectivity index (χ0) is 22.9. The number of nitrogens with zero attached hydrogens (tertiary/aromatic N) is 2. The molecule has 0 spiro atoms. The number of anilines is 1. The summed E-state index contributed by atoms with van der Waals surface area (Å²) in [5, 5.41) is 3.88. The van der Waals surface area contributed by atoms with Gasteiger partial charge in [-0.05, 0) is 51.1 Å². The van der Waals surface area contributed by atoms with Gasteiger partial charge in [-0.1, -0.05) is 35.3 Å². The van der Waals surface area contributed by atoms with Crippen molar-refractivity contribution in [1.29, 1.82) is 0 Å². The molecule has 1 aromatic heterocycles. The predicted octanol–water partition coefficient (Wildman–Crippen LogP) is 5.71. The van der Waals surface area contributed by atoms with E-state index in [0.29, 0.717) is 10.2 Å². The molecule has 0 aliphatic carbocycles.